The number of hydrogen-bond acceptors (Lipinski definition) is 5. The number of fused-ring (bicyclic) bond motifs is 7. The summed E-state index contributed by atoms with van der Waals surface area (Å²) in [4.78, 5) is 33.7. The second-order valence-corrected chi connectivity index (χ2v) is 8.98. The smallest absolute Gasteiger partial charge is 0.274 e. The molecule has 1 fully saturated rings. The van der Waals surface area contributed by atoms with Gasteiger partial charge in [-0.2, -0.15) is 0 Å². The van der Waals surface area contributed by atoms with E-state index < -0.39 is 0 Å². The molecule has 1 N–H and O–H groups in total. The summed E-state index contributed by atoms with van der Waals surface area (Å²) in [7, 11) is 0. The van der Waals surface area contributed by atoms with E-state index in [4.69, 9.17) is 9.72 Å². The van der Waals surface area contributed by atoms with Gasteiger partial charge in [0.15, 0.2) is 0 Å². The predicted octanol–water partition coefficient (Wildman–Crippen LogP) is 4.66. The zero-order chi connectivity index (χ0) is 21.5. The van der Waals surface area contributed by atoms with Crippen LogP contribution in [0.3, 0.4) is 0 Å². The van der Waals surface area contributed by atoms with E-state index >= 15 is 0 Å². The lowest BCUT2D eigenvalue weighted by molar-refractivity contribution is 0.160. The maximum absolute atomic E-state index is 13.1. The fourth-order valence-electron chi connectivity index (χ4n) is 4.66. The van der Waals surface area contributed by atoms with Crippen LogP contribution in [-0.2, 0) is 11.2 Å². The minimum absolute atomic E-state index is 0.0335. The predicted molar refractivity (Wildman–Crippen MR) is 124 cm³/mol. The molecule has 1 aliphatic heterocycles. The second-order valence-electron chi connectivity index (χ2n) is 7.99. The molecule has 1 aromatic carbocycles. The van der Waals surface area contributed by atoms with Crippen LogP contribution in [0.1, 0.15) is 50.5 Å². The van der Waals surface area contributed by atoms with E-state index in [9.17, 15) is 9.59 Å². The van der Waals surface area contributed by atoms with E-state index in [1.54, 1.807) is 0 Å². The Morgan fingerprint density at radius 3 is 2.97 bits per heavy atom. The van der Waals surface area contributed by atoms with Crippen LogP contribution in [-0.4, -0.2) is 20.5 Å². The number of ether oxygens (including phenoxy) is 1. The van der Waals surface area contributed by atoms with Gasteiger partial charge in [0.05, 0.1) is 28.1 Å². The van der Waals surface area contributed by atoms with Crippen LogP contribution in [0.5, 0.6) is 0 Å². The van der Waals surface area contributed by atoms with Crippen LogP contribution in [0.4, 0.5) is 0 Å². The Morgan fingerprint density at radius 2 is 2.10 bits per heavy atom. The average Bonchev–Trinajstić information content (AvgIpc) is 3.32. The maximum Gasteiger partial charge on any atom is 0.274 e. The van der Waals surface area contributed by atoms with Gasteiger partial charge < -0.3 is 9.72 Å². The van der Waals surface area contributed by atoms with Crippen LogP contribution >= 0.6 is 11.5 Å². The second kappa shape index (κ2) is 7.96. The van der Waals surface area contributed by atoms with Gasteiger partial charge >= 0.3 is 0 Å². The Hall–Kier alpha value is -2.93. The van der Waals surface area contributed by atoms with Gasteiger partial charge in [-0.25, -0.2) is 4.98 Å². The highest BCUT2D eigenvalue weighted by atomic mass is 32.1. The van der Waals surface area contributed by atoms with Gasteiger partial charge in [-0.15, -0.1) is 0 Å². The number of hydrogen-bond donors (Lipinski definition) is 1. The van der Waals surface area contributed by atoms with Crippen LogP contribution in [0.25, 0.3) is 27.4 Å². The van der Waals surface area contributed by atoms with E-state index in [0.29, 0.717) is 35.7 Å². The summed E-state index contributed by atoms with van der Waals surface area (Å²) in [6.07, 6.45) is 9.23. The van der Waals surface area contributed by atoms with Gasteiger partial charge in [0.2, 0.25) is 0 Å². The van der Waals surface area contributed by atoms with Crippen molar-refractivity contribution in [2.24, 2.45) is 5.92 Å². The third-order valence-corrected chi connectivity index (χ3v) is 7.43. The molecule has 2 unspecified atom stereocenters. The Morgan fingerprint density at radius 1 is 1.23 bits per heavy atom. The molecule has 160 valence electrons. The minimum Gasteiger partial charge on any atom is -0.497 e. The number of benzene rings is 1. The van der Waals surface area contributed by atoms with E-state index in [-0.39, 0.29) is 17.2 Å². The van der Waals surface area contributed by atoms with Gasteiger partial charge in [-0.05, 0) is 43.4 Å². The summed E-state index contributed by atoms with van der Waals surface area (Å²) in [6.45, 7) is 4.65. The number of rotatable bonds is 0. The minimum atomic E-state index is -0.245. The number of aromatic amines is 1. The first-order valence-electron chi connectivity index (χ1n) is 11.0. The molecule has 0 amide bonds. The summed E-state index contributed by atoms with van der Waals surface area (Å²) in [5, 5.41) is 0.665. The van der Waals surface area contributed by atoms with E-state index in [1.165, 1.54) is 11.5 Å². The van der Waals surface area contributed by atoms with Gasteiger partial charge in [-0.3, -0.25) is 13.5 Å². The molecule has 0 saturated heterocycles. The van der Waals surface area contributed by atoms with Crippen molar-refractivity contribution in [3.8, 4) is 11.3 Å². The Bertz CT molecular complexity index is 1330. The topological polar surface area (TPSA) is 77.0 Å². The summed E-state index contributed by atoms with van der Waals surface area (Å²) < 4.78 is 8.88. The van der Waals surface area contributed by atoms with Gasteiger partial charge in [0.25, 0.3) is 11.1 Å². The molecule has 6 rings (SSSR count). The molecule has 0 radical (unpaired) electrons. The van der Waals surface area contributed by atoms with Crippen molar-refractivity contribution in [3.05, 3.63) is 68.2 Å². The molecule has 3 aromatic rings. The lowest BCUT2D eigenvalue weighted by Crippen LogP contribution is -2.17. The molecule has 3 aliphatic rings. The molecule has 0 spiro atoms. The Labute approximate surface area is 184 Å². The number of H-pyrrole nitrogens is 1. The summed E-state index contributed by atoms with van der Waals surface area (Å²) in [6, 6.07) is 5.77. The summed E-state index contributed by atoms with van der Waals surface area (Å²) >= 11 is 1.46. The van der Waals surface area contributed by atoms with Gasteiger partial charge in [0, 0.05) is 18.0 Å². The van der Waals surface area contributed by atoms with Gasteiger partial charge in [-0.1, -0.05) is 43.6 Å². The Balaban J connectivity index is 0.000000994. The first-order chi connectivity index (χ1) is 15.2. The molecule has 7 bridgehead atoms. The molecule has 6 nitrogen and oxygen atoms in total. The molecule has 3 heterocycles. The normalized spacial score (nSPS) is 21.2. The molecular weight excluding hydrogens is 410 g/mol. The molecule has 1 saturated carbocycles. The van der Waals surface area contributed by atoms with E-state index in [0.717, 1.165) is 41.0 Å². The quantitative estimate of drug-likeness (QED) is 0.557. The van der Waals surface area contributed by atoms with Crippen molar-refractivity contribution in [2.45, 2.75) is 45.6 Å². The zero-order valence-electron chi connectivity index (χ0n) is 17.7. The fourth-order valence-corrected chi connectivity index (χ4v) is 5.89. The molecule has 2 aromatic heterocycles. The average molecular weight is 436 g/mol. The molecule has 7 heteroatoms. The lowest BCUT2D eigenvalue weighted by atomic mass is 10.1. The molecule has 2 aliphatic carbocycles. The van der Waals surface area contributed by atoms with Crippen molar-refractivity contribution in [3.63, 3.8) is 0 Å². The third kappa shape index (κ3) is 3.37. The summed E-state index contributed by atoms with van der Waals surface area (Å²) in [5.41, 5.74) is 2.36. The van der Waals surface area contributed by atoms with Crippen molar-refractivity contribution in [1.82, 2.24) is 13.9 Å². The molecule has 31 heavy (non-hydrogen) atoms. The SMILES string of the molecule is CC.O=c1[nH]c2c3nc1-c1cccc4c(=O)n(sc14)C1CCC(COC(=CC=C2)C3)C1. The first-order valence-corrected chi connectivity index (χ1v) is 11.7. The fraction of sp³-hybridized carbons (Fsp3) is 0.375. The van der Waals surface area contributed by atoms with Crippen LogP contribution in [0, 0.1) is 5.92 Å². The monoisotopic (exact) mass is 435 g/mol. The highest BCUT2D eigenvalue weighted by Gasteiger charge is 2.30. The lowest BCUT2D eigenvalue weighted by Gasteiger charge is -2.16. The van der Waals surface area contributed by atoms with E-state index in [1.807, 2.05) is 54.2 Å². The van der Waals surface area contributed by atoms with Crippen molar-refractivity contribution < 1.29 is 4.74 Å². The first kappa shape index (κ1) is 20.0. The zero-order valence-corrected chi connectivity index (χ0v) is 18.5. The molecular formula is C24H25N3O3S. The largest absolute Gasteiger partial charge is 0.497 e. The number of nitrogens with one attached hydrogen (secondary N) is 1. The summed E-state index contributed by atoms with van der Waals surface area (Å²) in [5.74, 6) is 1.29. The number of aromatic nitrogens is 3. The van der Waals surface area contributed by atoms with Gasteiger partial charge in [0.1, 0.15) is 11.5 Å². The van der Waals surface area contributed by atoms with Crippen molar-refractivity contribution in [1.29, 1.82) is 0 Å². The van der Waals surface area contributed by atoms with Crippen LogP contribution < -0.4 is 11.1 Å². The van der Waals surface area contributed by atoms with Crippen molar-refractivity contribution in [2.75, 3.05) is 6.61 Å². The van der Waals surface area contributed by atoms with Crippen LogP contribution in [0.2, 0.25) is 0 Å². The standard InChI is InChI=1S/C22H19N3O3S.C2H6/c26-21-19-15-4-2-5-16-20(15)29-25(22(16)27)13-8-7-12(9-13)11-28-14-3-1-6-17(24-21)18(10-14)23-19;1-2/h1-6,12-13H,7-11H2,(H,24,26);1-2H3. The van der Waals surface area contributed by atoms with Crippen LogP contribution in [0.15, 0.2) is 45.7 Å². The number of nitrogens with zero attached hydrogens (tertiary/aromatic N) is 2. The highest BCUT2D eigenvalue weighted by molar-refractivity contribution is 7.14. The third-order valence-electron chi connectivity index (χ3n) is 6.15. The van der Waals surface area contributed by atoms with E-state index in [2.05, 4.69) is 4.98 Å². The number of allylic oxidation sites excluding steroid dienone is 3. The maximum atomic E-state index is 13.1. The molecule has 2 atom stereocenters. The van der Waals surface area contributed by atoms with Crippen molar-refractivity contribution >= 4 is 27.7 Å². The highest BCUT2D eigenvalue weighted by Crippen LogP contribution is 2.38. The Kier molecular flexibility index (Phi) is 5.14.